The molecule has 0 aromatic carbocycles. The summed E-state index contributed by atoms with van der Waals surface area (Å²) in [6.07, 6.45) is -0.0571. The molecule has 17 heavy (non-hydrogen) atoms. The van der Waals surface area contributed by atoms with Crippen molar-refractivity contribution in [2.24, 2.45) is 5.92 Å². The number of nitrogens with one attached hydrogen (secondary N) is 1. The van der Waals surface area contributed by atoms with Crippen molar-refractivity contribution in [3.05, 3.63) is 0 Å². The van der Waals surface area contributed by atoms with E-state index in [0.717, 1.165) is 0 Å². The molecular weight excluding hydrogens is 218 g/mol. The zero-order valence-corrected chi connectivity index (χ0v) is 11.9. The molecule has 0 aromatic heterocycles. The number of esters is 1. The van der Waals surface area contributed by atoms with Crippen LogP contribution in [-0.2, 0) is 9.53 Å². The van der Waals surface area contributed by atoms with Gasteiger partial charge in [0.25, 0.3) is 0 Å². The zero-order chi connectivity index (χ0) is 13.6. The first-order valence-corrected chi connectivity index (χ1v) is 6.25. The van der Waals surface area contributed by atoms with Crippen LogP contribution in [0.15, 0.2) is 0 Å². The van der Waals surface area contributed by atoms with Crippen LogP contribution in [0.25, 0.3) is 0 Å². The van der Waals surface area contributed by atoms with Crippen LogP contribution in [0, 0.1) is 5.92 Å². The summed E-state index contributed by atoms with van der Waals surface area (Å²) < 4.78 is 5.22. The third-order valence-electron chi connectivity index (χ3n) is 2.34. The smallest absolute Gasteiger partial charge is 0.307 e. The Morgan fingerprint density at radius 1 is 1.29 bits per heavy atom. The molecule has 0 amide bonds. The highest BCUT2D eigenvalue weighted by molar-refractivity contribution is 5.70. The number of rotatable bonds is 6. The van der Waals surface area contributed by atoms with Gasteiger partial charge in [-0.3, -0.25) is 4.79 Å². The minimum atomic E-state index is -0.436. The molecule has 4 heteroatoms. The summed E-state index contributed by atoms with van der Waals surface area (Å²) in [7, 11) is 0. The highest BCUT2D eigenvalue weighted by Gasteiger charge is 2.19. The van der Waals surface area contributed by atoms with Crippen molar-refractivity contribution in [1.82, 2.24) is 5.32 Å². The zero-order valence-electron chi connectivity index (χ0n) is 11.9. The molecule has 0 bridgehead atoms. The van der Waals surface area contributed by atoms with Crippen LogP contribution in [0.3, 0.4) is 0 Å². The molecule has 0 aromatic rings. The highest BCUT2D eigenvalue weighted by Crippen LogP contribution is 2.09. The maximum Gasteiger partial charge on any atom is 0.307 e. The monoisotopic (exact) mass is 245 g/mol. The Balaban J connectivity index is 3.86. The fourth-order valence-electron chi connectivity index (χ4n) is 1.26. The fraction of sp³-hybridized carbons (Fsp3) is 0.923. The van der Waals surface area contributed by atoms with Crippen LogP contribution in [0.1, 0.15) is 48.0 Å². The lowest BCUT2D eigenvalue weighted by Crippen LogP contribution is -2.38. The van der Waals surface area contributed by atoms with Crippen molar-refractivity contribution in [2.45, 2.75) is 65.7 Å². The molecule has 0 spiro atoms. The second-order valence-electron chi connectivity index (χ2n) is 5.91. The SMILES string of the molecule is CC(CC(=O)OC(C)(C)C)NCC(O)C(C)C. The molecule has 0 aliphatic carbocycles. The van der Waals surface area contributed by atoms with Gasteiger partial charge in [-0.15, -0.1) is 0 Å². The van der Waals surface area contributed by atoms with E-state index in [9.17, 15) is 9.90 Å². The summed E-state index contributed by atoms with van der Waals surface area (Å²) in [5.41, 5.74) is -0.436. The average molecular weight is 245 g/mol. The second kappa shape index (κ2) is 6.97. The molecule has 2 atom stereocenters. The maximum atomic E-state index is 11.5. The van der Waals surface area contributed by atoms with Crippen LogP contribution in [0.2, 0.25) is 0 Å². The molecule has 102 valence electrons. The topological polar surface area (TPSA) is 58.6 Å². The lowest BCUT2D eigenvalue weighted by atomic mass is 10.1. The van der Waals surface area contributed by atoms with Crippen molar-refractivity contribution < 1.29 is 14.6 Å². The van der Waals surface area contributed by atoms with Gasteiger partial charge in [-0.25, -0.2) is 0 Å². The van der Waals surface area contributed by atoms with Gasteiger partial charge in [-0.05, 0) is 33.6 Å². The average Bonchev–Trinajstić information content (AvgIpc) is 2.10. The Kier molecular flexibility index (Phi) is 6.72. The van der Waals surface area contributed by atoms with E-state index in [0.29, 0.717) is 13.0 Å². The summed E-state index contributed by atoms with van der Waals surface area (Å²) in [4.78, 5) is 11.5. The molecule has 2 unspecified atom stereocenters. The first-order valence-electron chi connectivity index (χ1n) is 6.25. The third-order valence-corrected chi connectivity index (χ3v) is 2.34. The van der Waals surface area contributed by atoms with Crippen LogP contribution in [0.5, 0.6) is 0 Å². The highest BCUT2D eigenvalue weighted by atomic mass is 16.6. The Labute approximate surface area is 105 Å². The lowest BCUT2D eigenvalue weighted by Gasteiger charge is -2.22. The van der Waals surface area contributed by atoms with E-state index in [4.69, 9.17) is 4.74 Å². The number of carbonyl (C=O) groups is 1. The van der Waals surface area contributed by atoms with Gasteiger partial charge in [0.15, 0.2) is 0 Å². The Bertz CT molecular complexity index is 233. The van der Waals surface area contributed by atoms with Crippen LogP contribution in [0.4, 0.5) is 0 Å². The van der Waals surface area contributed by atoms with Crippen molar-refractivity contribution in [1.29, 1.82) is 0 Å². The van der Waals surface area contributed by atoms with Crippen LogP contribution in [-0.4, -0.2) is 35.4 Å². The molecular formula is C13H27NO3. The quantitative estimate of drug-likeness (QED) is 0.699. The number of ether oxygens (including phenoxy) is 1. The number of hydrogen-bond acceptors (Lipinski definition) is 4. The van der Waals surface area contributed by atoms with Gasteiger partial charge in [0.1, 0.15) is 5.60 Å². The molecule has 0 radical (unpaired) electrons. The number of aliphatic hydroxyl groups is 1. The van der Waals surface area contributed by atoms with Crippen molar-refractivity contribution in [2.75, 3.05) is 6.54 Å². The minimum Gasteiger partial charge on any atom is -0.460 e. The van der Waals surface area contributed by atoms with E-state index >= 15 is 0 Å². The van der Waals surface area contributed by atoms with Gasteiger partial charge in [0.2, 0.25) is 0 Å². The van der Waals surface area contributed by atoms with Crippen molar-refractivity contribution in [3.63, 3.8) is 0 Å². The molecule has 2 N–H and O–H groups in total. The number of carbonyl (C=O) groups excluding carboxylic acids is 1. The van der Waals surface area contributed by atoms with Gasteiger partial charge in [0.05, 0.1) is 12.5 Å². The van der Waals surface area contributed by atoms with Crippen molar-refractivity contribution in [3.8, 4) is 0 Å². The van der Waals surface area contributed by atoms with Gasteiger partial charge in [-0.2, -0.15) is 0 Å². The summed E-state index contributed by atoms with van der Waals surface area (Å²) in [6.45, 7) is 11.9. The van der Waals surface area contributed by atoms with E-state index < -0.39 is 5.60 Å². The van der Waals surface area contributed by atoms with E-state index in [1.54, 1.807) is 0 Å². The largest absolute Gasteiger partial charge is 0.460 e. The summed E-state index contributed by atoms with van der Waals surface area (Å²) in [5.74, 6) is 0.00719. The Morgan fingerprint density at radius 2 is 1.82 bits per heavy atom. The molecule has 0 saturated carbocycles. The van der Waals surface area contributed by atoms with E-state index in [1.165, 1.54) is 0 Å². The molecule has 0 aliphatic rings. The van der Waals surface area contributed by atoms with E-state index in [2.05, 4.69) is 5.32 Å². The predicted molar refractivity (Wildman–Crippen MR) is 68.8 cm³/mol. The first-order chi connectivity index (χ1) is 7.61. The van der Waals surface area contributed by atoms with Gasteiger partial charge in [-0.1, -0.05) is 13.8 Å². The molecule has 0 heterocycles. The predicted octanol–water partition coefficient (Wildman–Crippen LogP) is 1.71. The first kappa shape index (κ1) is 16.4. The van der Waals surface area contributed by atoms with Crippen LogP contribution < -0.4 is 5.32 Å². The summed E-state index contributed by atoms with van der Waals surface area (Å²) >= 11 is 0. The lowest BCUT2D eigenvalue weighted by molar-refractivity contribution is -0.155. The molecule has 0 fully saturated rings. The number of aliphatic hydroxyl groups excluding tert-OH is 1. The standard InChI is InChI=1S/C13H27NO3/c1-9(2)11(15)8-14-10(3)7-12(16)17-13(4,5)6/h9-11,14-15H,7-8H2,1-6H3. The molecule has 0 aliphatic heterocycles. The van der Waals surface area contributed by atoms with Crippen molar-refractivity contribution >= 4 is 5.97 Å². The minimum absolute atomic E-state index is 0.0123. The van der Waals surface area contributed by atoms with Gasteiger partial charge < -0.3 is 15.2 Å². The number of hydrogen-bond donors (Lipinski definition) is 2. The summed E-state index contributed by atoms with van der Waals surface area (Å²) in [5, 5.41) is 12.7. The maximum absolute atomic E-state index is 11.5. The fourth-order valence-corrected chi connectivity index (χ4v) is 1.26. The van der Waals surface area contributed by atoms with E-state index in [-0.39, 0.29) is 24.0 Å². The second-order valence-corrected chi connectivity index (χ2v) is 5.91. The molecule has 0 saturated heterocycles. The van der Waals surface area contributed by atoms with Crippen LogP contribution >= 0.6 is 0 Å². The summed E-state index contributed by atoms with van der Waals surface area (Å²) in [6, 6.07) is 0.0123. The Hall–Kier alpha value is -0.610. The molecule has 0 rings (SSSR count). The third kappa shape index (κ3) is 9.12. The van der Waals surface area contributed by atoms with E-state index in [1.807, 2.05) is 41.5 Å². The Morgan fingerprint density at radius 3 is 2.24 bits per heavy atom. The molecule has 4 nitrogen and oxygen atoms in total. The normalized spacial score (nSPS) is 15.8. The van der Waals surface area contributed by atoms with Gasteiger partial charge in [0, 0.05) is 12.6 Å². The van der Waals surface area contributed by atoms with Gasteiger partial charge >= 0.3 is 5.97 Å².